The average molecular weight is 257 g/mol. The van der Waals surface area contributed by atoms with E-state index in [9.17, 15) is 8.42 Å². The van der Waals surface area contributed by atoms with Gasteiger partial charge in [-0.15, -0.1) is 0 Å². The number of hydrogen-bond acceptors (Lipinski definition) is 4. The van der Waals surface area contributed by atoms with Crippen LogP contribution in [0.1, 0.15) is 5.56 Å². The van der Waals surface area contributed by atoms with Gasteiger partial charge >= 0.3 is 0 Å². The first-order chi connectivity index (χ1) is 8.03. The fraction of sp³-hybridized carbons (Fsp3) is 0.300. The van der Waals surface area contributed by atoms with Crippen LogP contribution in [-0.2, 0) is 16.4 Å². The molecule has 0 aliphatic rings. The molecule has 1 rings (SSSR count). The monoisotopic (exact) mass is 257 g/mol. The molecule has 4 N–H and O–H groups in total. The SMILES string of the molecule is N/C(CNS(=O)(=O)CCc1ccccc1)=N/O. The van der Waals surface area contributed by atoms with Gasteiger partial charge in [0, 0.05) is 0 Å². The summed E-state index contributed by atoms with van der Waals surface area (Å²) in [5.74, 6) is -0.205. The lowest BCUT2D eigenvalue weighted by atomic mass is 10.2. The normalized spacial score (nSPS) is 12.6. The number of oxime groups is 1. The van der Waals surface area contributed by atoms with Gasteiger partial charge < -0.3 is 10.9 Å². The number of aryl methyl sites for hydroxylation is 1. The molecular formula is C10H15N3O3S. The molecule has 1 aromatic rings. The summed E-state index contributed by atoms with van der Waals surface area (Å²) in [5.41, 5.74) is 6.11. The summed E-state index contributed by atoms with van der Waals surface area (Å²) in [7, 11) is -3.41. The van der Waals surface area contributed by atoms with Crippen molar-refractivity contribution in [3.63, 3.8) is 0 Å². The first-order valence-electron chi connectivity index (χ1n) is 5.01. The molecule has 0 aliphatic carbocycles. The predicted octanol–water partition coefficient (Wildman–Crippen LogP) is -0.105. The van der Waals surface area contributed by atoms with Gasteiger partial charge in [0.25, 0.3) is 0 Å². The lowest BCUT2D eigenvalue weighted by Gasteiger charge is -2.05. The molecule has 0 bridgehead atoms. The van der Waals surface area contributed by atoms with Crippen LogP contribution in [0.5, 0.6) is 0 Å². The second-order valence-electron chi connectivity index (χ2n) is 3.47. The van der Waals surface area contributed by atoms with Crippen molar-refractivity contribution in [1.82, 2.24) is 4.72 Å². The number of nitrogens with two attached hydrogens (primary N) is 1. The minimum absolute atomic E-state index is 0.0320. The van der Waals surface area contributed by atoms with E-state index in [0.29, 0.717) is 6.42 Å². The molecule has 94 valence electrons. The molecule has 1 aromatic carbocycles. The van der Waals surface area contributed by atoms with E-state index < -0.39 is 10.0 Å². The lowest BCUT2D eigenvalue weighted by molar-refractivity contribution is 0.317. The Labute approximate surface area is 100 Å². The zero-order chi connectivity index (χ0) is 12.7. The maximum atomic E-state index is 11.5. The predicted molar refractivity (Wildman–Crippen MR) is 65.3 cm³/mol. The zero-order valence-corrected chi connectivity index (χ0v) is 10.0. The Morgan fingerprint density at radius 2 is 2.00 bits per heavy atom. The van der Waals surface area contributed by atoms with E-state index in [1.165, 1.54) is 0 Å². The van der Waals surface area contributed by atoms with Gasteiger partial charge in [0.1, 0.15) is 0 Å². The largest absolute Gasteiger partial charge is 0.409 e. The molecular weight excluding hydrogens is 242 g/mol. The Morgan fingerprint density at radius 3 is 2.59 bits per heavy atom. The van der Waals surface area contributed by atoms with Crippen molar-refractivity contribution in [2.24, 2.45) is 10.9 Å². The molecule has 0 unspecified atom stereocenters. The number of nitrogens with zero attached hydrogens (tertiary/aromatic N) is 1. The highest BCUT2D eigenvalue weighted by Gasteiger charge is 2.10. The molecule has 0 aliphatic heterocycles. The van der Waals surface area contributed by atoms with Gasteiger partial charge in [-0.25, -0.2) is 13.1 Å². The maximum Gasteiger partial charge on any atom is 0.212 e. The summed E-state index contributed by atoms with van der Waals surface area (Å²) in [4.78, 5) is 0. The summed E-state index contributed by atoms with van der Waals surface area (Å²) < 4.78 is 25.3. The number of sulfonamides is 1. The molecule has 0 saturated carbocycles. The van der Waals surface area contributed by atoms with Gasteiger partial charge in [0.15, 0.2) is 5.84 Å². The molecule has 0 spiro atoms. The first-order valence-corrected chi connectivity index (χ1v) is 6.66. The molecule has 6 nitrogen and oxygen atoms in total. The van der Waals surface area contributed by atoms with Gasteiger partial charge in [-0.05, 0) is 12.0 Å². The van der Waals surface area contributed by atoms with E-state index in [-0.39, 0.29) is 18.1 Å². The van der Waals surface area contributed by atoms with Crippen LogP contribution in [0.2, 0.25) is 0 Å². The number of rotatable bonds is 6. The Bertz CT molecular complexity index is 471. The van der Waals surface area contributed by atoms with Crippen LogP contribution in [0.15, 0.2) is 35.5 Å². The van der Waals surface area contributed by atoms with Crippen molar-refractivity contribution in [3.05, 3.63) is 35.9 Å². The molecule has 0 amide bonds. The highest BCUT2D eigenvalue weighted by Crippen LogP contribution is 2.01. The van der Waals surface area contributed by atoms with Gasteiger partial charge in [-0.1, -0.05) is 35.5 Å². The van der Waals surface area contributed by atoms with Gasteiger partial charge in [-0.2, -0.15) is 0 Å². The summed E-state index contributed by atoms with van der Waals surface area (Å²) in [6, 6.07) is 9.30. The fourth-order valence-electron chi connectivity index (χ4n) is 1.19. The summed E-state index contributed by atoms with van der Waals surface area (Å²) in [6.45, 7) is -0.187. The van der Waals surface area contributed by atoms with E-state index in [1.54, 1.807) is 0 Å². The number of benzene rings is 1. The maximum absolute atomic E-state index is 11.5. The molecule has 0 fully saturated rings. The summed E-state index contributed by atoms with van der Waals surface area (Å²) in [6.07, 6.45) is 0.423. The van der Waals surface area contributed by atoms with Crippen LogP contribution >= 0.6 is 0 Å². The van der Waals surface area contributed by atoms with Crippen LogP contribution in [0, 0.1) is 0 Å². The van der Waals surface area contributed by atoms with Crippen molar-refractivity contribution < 1.29 is 13.6 Å². The van der Waals surface area contributed by atoms with Gasteiger partial charge in [0.2, 0.25) is 10.0 Å². The quantitative estimate of drug-likeness (QED) is 0.286. The van der Waals surface area contributed by atoms with Crippen molar-refractivity contribution in [2.45, 2.75) is 6.42 Å². The Balaban J connectivity index is 2.45. The smallest absolute Gasteiger partial charge is 0.212 e. The van der Waals surface area contributed by atoms with Crippen molar-refractivity contribution in [1.29, 1.82) is 0 Å². The van der Waals surface area contributed by atoms with Crippen LogP contribution in [0.25, 0.3) is 0 Å². The third-order valence-corrected chi connectivity index (χ3v) is 3.43. The topological polar surface area (TPSA) is 105 Å². The summed E-state index contributed by atoms with van der Waals surface area (Å²) >= 11 is 0. The minimum Gasteiger partial charge on any atom is -0.409 e. The average Bonchev–Trinajstić information content (AvgIpc) is 2.35. The highest BCUT2D eigenvalue weighted by atomic mass is 32.2. The standard InChI is InChI=1S/C10H15N3O3S/c11-10(13-14)8-12-17(15,16)7-6-9-4-2-1-3-5-9/h1-5,12,14H,6-8H2,(H2,11,13). The van der Waals surface area contributed by atoms with Crippen molar-refractivity contribution in [2.75, 3.05) is 12.3 Å². The third-order valence-electron chi connectivity index (χ3n) is 2.10. The molecule has 7 heteroatoms. The van der Waals surface area contributed by atoms with E-state index in [2.05, 4.69) is 9.88 Å². The second-order valence-corrected chi connectivity index (χ2v) is 5.39. The zero-order valence-electron chi connectivity index (χ0n) is 9.20. The fourth-order valence-corrected chi connectivity index (χ4v) is 2.20. The van der Waals surface area contributed by atoms with Crippen LogP contribution < -0.4 is 10.5 Å². The van der Waals surface area contributed by atoms with E-state index in [4.69, 9.17) is 10.9 Å². The second kappa shape index (κ2) is 6.21. The van der Waals surface area contributed by atoms with E-state index in [1.807, 2.05) is 30.3 Å². The molecule has 0 radical (unpaired) electrons. The number of nitrogens with one attached hydrogen (secondary N) is 1. The Kier molecular flexibility index (Phi) is 4.92. The minimum atomic E-state index is -3.41. The Hall–Kier alpha value is -1.60. The van der Waals surface area contributed by atoms with Crippen molar-refractivity contribution >= 4 is 15.9 Å². The van der Waals surface area contributed by atoms with Crippen LogP contribution in [0.4, 0.5) is 0 Å². The van der Waals surface area contributed by atoms with Crippen LogP contribution in [-0.4, -0.2) is 31.8 Å². The lowest BCUT2D eigenvalue weighted by Crippen LogP contribution is -2.35. The molecule has 0 aromatic heterocycles. The molecule has 0 saturated heterocycles. The third kappa shape index (κ3) is 5.32. The number of amidine groups is 1. The Morgan fingerprint density at radius 1 is 1.35 bits per heavy atom. The molecule has 17 heavy (non-hydrogen) atoms. The molecule has 0 atom stereocenters. The van der Waals surface area contributed by atoms with Crippen LogP contribution in [0.3, 0.4) is 0 Å². The van der Waals surface area contributed by atoms with E-state index in [0.717, 1.165) is 5.56 Å². The summed E-state index contributed by atoms with van der Waals surface area (Å²) in [5, 5.41) is 10.9. The highest BCUT2D eigenvalue weighted by molar-refractivity contribution is 7.89. The van der Waals surface area contributed by atoms with E-state index >= 15 is 0 Å². The van der Waals surface area contributed by atoms with Gasteiger partial charge in [-0.3, -0.25) is 0 Å². The van der Waals surface area contributed by atoms with Gasteiger partial charge in [0.05, 0.1) is 12.3 Å². The van der Waals surface area contributed by atoms with Crippen molar-refractivity contribution in [3.8, 4) is 0 Å². The number of hydrogen-bond donors (Lipinski definition) is 3. The first kappa shape index (κ1) is 13.5. The molecule has 0 heterocycles.